The number of rotatable bonds is 3. The Labute approximate surface area is 72.0 Å². The smallest absolute Gasteiger partial charge is 0.333 e. The summed E-state index contributed by atoms with van der Waals surface area (Å²) >= 11 is 0. The van der Waals surface area contributed by atoms with Gasteiger partial charge in [-0.2, -0.15) is 0 Å². The topological polar surface area (TPSA) is 83.8 Å². The van der Waals surface area contributed by atoms with Crippen LogP contribution in [-0.4, -0.2) is 29.2 Å². The first kappa shape index (κ1) is 13.8. The fraction of sp³-hybridized carbons (Fsp3) is 0.500. The van der Waals surface area contributed by atoms with Gasteiger partial charge in [0.25, 0.3) is 0 Å². The average molecular weight is 194 g/mol. The molecule has 12 heavy (non-hydrogen) atoms. The van der Waals surface area contributed by atoms with Gasteiger partial charge in [-0.15, -0.1) is 0 Å². The summed E-state index contributed by atoms with van der Waals surface area (Å²) in [4.78, 5) is 17.5. The van der Waals surface area contributed by atoms with E-state index < -0.39 is 14.7 Å². The molecule has 0 aromatic carbocycles. The SMILES string of the molecule is C=C(C)C(=O)OCCO.O=PO. The molecule has 0 aromatic rings. The minimum Gasteiger partial charge on any atom is -0.460 e. The molecular weight excluding hydrogens is 183 g/mol. The van der Waals surface area contributed by atoms with Crippen molar-refractivity contribution in [3.63, 3.8) is 0 Å². The lowest BCUT2D eigenvalue weighted by Crippen LogP contribution is -2.08. The van der Waals surface area contributed by atoms with Gasteiger partial charge in [-0.05, 0) is 6.92 Å². The van der Waals surface area contributed by atoms with Crippen molar-refractivity contribution in [1.29, 1.82) is 0 Å². The summed E-state index contributed by atoms with van der Waals surface area (Å²) in [6.07, 6.45) is 0. The minimum atomic E-state index is -0.833. The van der Waals surface area contributed by atoms with E-state index in [1.54, 1.807) is 6.92 Å². The van der Waals surface area contributed by atoms with Gasteiger partial charge in [0, 0.05) is 5.57 Å². The molecule has 2 N–H and O–H groups in total. The lowest BCUT2D eigenvalue weighted by molar-refractivity contribution is -0.139. The first-order valence-electron chi connectivity index (χ1n) is 3.00. The minimum absolute atomic E-state index is 0.0473. The van der Waals surface area contributed by atoms with Gasteiger partial charge in [-0.1, -0.05) is 6.58 Å². The summed E-state index contributed by atoms with van der Waals surface area (Å²) in [7, 11) is -0.833. The summed E-state index contributed by atoms with van der Waals surface area (Å²) in [6, 6.07) is 0. The molecule has 0 aliphatic heterocycles. The first-order valence-corrected chi connectivity index (χ1v) is 3.76. The lowest BCUT2D eigenvalue weighted by Gasteiger charge is -1.99. The number of carbonyl (C=O) groups is 1. The second-order valence-electron chi connectivity index (χ2n) is 1.72. The van der Waals surface area contributed by atoms with Crippen LogP contribution in [0.4, 0.5) is 0 Å². The largest absolute Gasteiger partial charge is 0.460 e. The van der Waals surface area contributed by atoms with Gasteiger partial charge in [-0.3, -0.25) is 0 Å². The molecule has 0 amide bonds. The van der Waals surface area contributed by atoms with E-state index in [-0.39, 0.29) is 13.2 Å². The van der Waals surface area contributed by atoms with E-state index in [4.69, 9.17) is 14.6 Å². The molecule has 0 fully saturated rings. The van der Waals surface area contributed by atoms with E-state index in [2.05, 4.69) is 11.3 Å². The zero-order chi connectivity index (χ0) is 9.98. The second kappa shape index (κ2) is 10.2. The third-order valence-electron chi connectivity index (χ3n) is 0.673. The summed E-state index contributed by atoms with van der Waals surface area (Å²) in [6.45, 7) is 4.81. The third-order valence-corrected chi connectivity index (χ3v) is 0.673. The van der Waals surface area contributed by atoms with Crippen molar-refractivity contribution < 1.29 is 24.1 Å². The molecule has 70 valence electrons. The Morgan fingerprint density at radius 3 is 2.33 bits per heavy atom. The Kier molecular flexibility index (Phi) is 11.8. The number of esters is 1. The zero-order valence-corrected chi connectivity index (χ0v) is 7.58. The lowest BCUT2D eigenvalue weighted by atomic mass is 10.4. The maximum absolute atomic E-state index is 10.5. The molecule has 6 heteroatoms. The summed E-state index contributed by atoms with van der Waals surface area (Å²) in [5, 5.41) is 8.19. The standard InChI is InChI=1S/C6H10O3.HO2P/c1-5(2)6(8)9-4-3-7;1-3-2/h7H,1,3-4H2,2H3;(H,1,2). The summed E-state index contributed by atoms with van der Waals surface area (Å²) in [5.74, 6) is -0.455. The van der Waals surface area contributed by atoms with Crippen molar-refractivity contribution in [1.82, 2.24) is 0 Å². The number of ether oxygens (including phenoxy) is 1. The number of hydrogen-bond acceptors (Lipinski definition) is 4. The van der Waals surface area contributed by atoms with Crippen LogP contribution in [0.3, 0.4) is 0 Å². The van der Waals surface area contributed by atoms with Crippen molar-refractivity contribution in [2.75, 3.05) is 13.2 Å². The number of aliphatic hydroxyl groups is 1. The van der Waals surface area contributed by atoms with Crippen LogP contribution in [0.2, 0.25) is 0 Å². The van der Waals surface area contributed by atoms with Crippen LogP contribution in [0.1, 0.15) is 6.92 Å². The fourth-order valence-corrected chi connectivity index (χ4v) is 0.262. The Morgan fingerprint density at radius 1 is 1.67 bits per heavy atom. The average Bonchev–Trinajstić information content (AvgIpc) is 2.01. The fourth-order valence-electron chi connectivity index (χ4n) is 0.262. The van der Waals surface area contributed by atoms with E-state index in [0.29, 0.717) is 5.57 Å². The monoisotopic (exact) mass is 194 g/mol. The highest BCUT2D eigenvalue weighted by Gasteiger charge is 1.99. The molecule has 0 bridgehead atoms. The molecule has 0 spiro atoms. The van der Waals surface area contributed by atoms with Crippen LogP contribution in [0, 0.1) is 0 Å². The molecule has 0 atom stereocenters. The quantitative estimate of drug-likeness (QED) is 0.383. The van der Waals surface area contributed by atoms with E-state index in [9.17, 15) is 4.79 Å². The first-order chi connectivity index (χ1) is 5.59. The van der Waals surface area contributed by atoms with Crippen LogP contribution in [0.5, 0.6) is 0 Å². The molecule has 0 saturated heterocycles. The van der Waals surface area contributed by atoms with Crippen molar-refractivity contribution in [2.24, 2.45) is 0 Å². The highest BCUT2D eigenvalue weighted by atomic mass is 31.1. The Morgan fingerprint density at radius 2 is 2.08 bits per heavy atom. The van der Waals surface area contributed by atoms with Crippen molar-refractivity contribution in [3.05, 3.63) is 12.2 Å². The van der Waals surface area contributed by atoms with Crippen molar-refractivity contribution >= 4 is 14.7 Å². The van der Waals surface area contributed by atoms with E-state index in [0.717, 1.165) is 0 Å². The normalized spacial score (nSPS) is 8.25. The molecule has 0 radical (unpaired) electrons. The predicted octanol–water partition coefficient (Wildman–Crippen LogP) is 0.283. The van der Waals surface area contributed by atoms with E-state index >= 15 is 0 Å². The van der Waals surface area contributed by atoms with Gasteiger partial charge in [0.15, 0.2) is 0 Å². The van der Waals surface area contributed by atoms with Gasteiger partial charge in [0.1, 0.15) is 6.61 Å². The van der Waals surface area contributed by atoms with E-state index in [1.165, 1.54) is 0 Å². The van der Waals surface area contributed by atoms with Crippen LogP contribution < -0.4 is 0 Å². The van der Waals surface area contributed by atoms with E-state index in [1.807, 2.05) is 0 Å². The Bertz CT molecular complexity index is 156. The highest BCUT2D eigenvalue weighted by molar-refractivity contribution is 7.16. The highest BCUT2D eigenvalue weighted by Crippen LogP contribution is 1.89. The van der Waals surface area contributed by atoms with Crippen molar-refractivity contribution in [2.45, 2.75) is 6.92 Å². The van der Waals surface area contributed by atoms with Crippen LogP contribution in [-0.2, 0) is 14.1 Å². The van der Waals surface area contributed by atoms with Gasteiger partial charge in [0.05, 0.1) is 6.61 Å². The molecule has 0 rings (SSSR count). The zero-order valence-electron chi connectivity index (χ0n) is 6.69. The summed E-state index contributed by atoms with van der Waals surface area (Å²) in [5.41, 5.74) is 0.350. The Hall–Kier alpha value is -0.770. The van der Waals surface area contributed by atoms with Crippen LogP contribution in [0.15, 0.2) is 12.2 Å². The van der Waals surface area contributed by atoms with Gasteiger partial charge in [-0.25, -0.2) is 9.36 Å². The third kappa shape index (κ3) is 12.0. The van der Waals surface area contributed by atoms with Crippen molar-refractivity contribution in [3.8, 4) is 0 Å². The molecule has 0 unspecified atom stereocenters. The second-order valence-corrected chi connectivity index (χ2v) is 1.88. The van der Waals surface area contributed by atoms with Gasteiger partial charge >= 0.3 is 14.7 Å². The summed E-state index contributed by atoms with van der Waals surface area (Å²) < 4.78 is 12.9. The van der Waals surface area contributed by atoms with Gasteiger partial charge in [0.2, 0.25) is 0 Å². The van der Waals surface area contributed by atoms with Gasteiger partial charge < -0.3 is 14.7 Å². The number of aliphatic hydroxyl groups excluding tert-OH is 1. The number of hydrogen-bond donors (Lipinski definition) is 2. The molecule has 0 saturated carbocycles. The maximum atomic E-state index is 10.5. The Balaban J connectivity index is 0. The predicted molar refractivity (Wildman–Crippen MR) is 42.7 cm³/mol. The number of carbonyl (C=O) groups excluding carboxylic acids is 1. The molecule has 0 heterocycles. The molecule has 5 nitrogen and oxygen atoms in total. The maximum Gasteiger partial charge on any atom is 0.333 e. The molecule has 0 aliphatic carbocycles. The van der Waals surface area contributed by atoms with Crippen LogP contribution in [0.25, 0.3) is 0 Å². The molecule has 0 aliphatic rings. The molecule has 0 aromatic heterocycles. The van der Waals surface area contributed by atoms with Crippen LogP contribution >= 0.6 is 8.69 Å². The molecular formula is C6H11O5P.